The van der Waals surface area contributed by atoms with Gasteiger partial charge in [-0.05, 0) is 31.2 Å². The Kier molecular flexibility index (Phi) is 3.99. The second-order valence-corrected chi connectivity index (χ2v) is 4.14. The van der Waals surface area contributed by atoms with Crippen LogP contribution in [0, 0.1) is 0 Å². The monoisotopic (exact) mass is 245 g/mol. The molecule has 0 saturated heterocycles. The van der Waals surface area contributed by atoms with Crippen molar-refractivity contribution in [1.29, 1.82) is 0 Å². The van der Waals surface area contributed by atoms with Crippen LogP contribution < -0.4 is 10.6 Å². The highest BCUT2D eigenvalue weighted by atomic mass is 16.5. The fraction of sp³-hybridized carbons (Fsp3) is 0.357. The lowest BCUT2D eigenvalue weighted by Crippen LogP contribution is -2.27. The molecule has 0 aliphatic heterocycles. The number of nitrogens with zero attached hydrogens (tertiary/aromatic N) is 2. The number of likely N-dealkylation sites (N-methyl/N-ethyl adjacent to an activating group) is 1. The molecule has 0 unspecified atom stereocenters. The molecule has 2 rings (SSSR count). The van der Waals surface area contributed by atoms with Crippen LogP contribution in [0.4, 0.5) is 11.4 Å². The minimum atomic E-state index is 0.693. The van der Waals surface area contributed by atoms with E-state index in [-0.39, 0.29) is 0 Å². The molecule has 0 aliphatic rings. The van der Waals surface area contributed by atoms with Gasteiger partial charge in [-0.15, -0.1) is 0 Å². The summed E-state index contributed by atoms with van der Waals surface area (Å²) in [6, 6.07) is 7.96. The number of nitrogen functional groups attached to an aromatic ring is 1. The topological polar surface area (TPSA) is 51.4 Å². The molecule has 0 spiro atoms. The van der Waals surface area contributed by atoms with Crippen LogP contribution in [0.3, 0.4) is 0 Å². The van der Waals surface area contributed by atoms with E-state index in [1.54, 1.807) is 13.3 Å². The van der Waals surface area contributed by atoms with Crippen molar-refractivity contribution in [3.05, 3.63) is 30.5 Å². The van der Waals surface area contributed by atoms with Crippen molar-refractivity contribution >= 4 is 22.3 Å². The largest absolute Gasteiger partial charge is 0.396 e. The van der Waals surface area contributed by atoms with Gasteiger partial charge in [0.05, 0.1) is 23.5 Å². The van der Waals surface area contributed by atoms with Crippen molar-refractivity contribution in [2.45, 2.75) is 6.92 Å². The Morgan fingerprint density at radius 2 is 2.17 bits per heavy atom. The van der Waals surface area contributed by atoms with E-state index in [1.165, 1.54) is 0 Å². The maximum Gasteiger partial charge on any atom is 0.0724 e. The second-order valence-electron chi connectivity index (χ2n) is 4.14. The molecule has 2 aromatic rings. The summed E-state index contributed by atoms with van der Waals surface area (Å²) in [5, 5.41) is 1.01. The van der Waals surface area contributed by atoms with Gasteiger partial charge in [0, 0.05) is 31.8 Å². The summed E-state index contributed by atoms with van der Waals surface area (Å²) < 4.78 is 5.13. The van der Waals surface area contributed by atoms with E-state index in [0.717, 1.165) is 35.4 Å². The normalized spacial score (nSPS) is 10.8. The van der Waals surface area contributed by atoms with Crippen molar-refractivity contribution in [2.75, 3.05) is 37.4 Å². The maximum absolute atomic E-state index is 6.24. The first-order valence-corrected chi connectivity index (χ1v) is 6.15. The number of fused-ring (bicyclic) bond motifs is 1. The zero-order valence-corrected chi connectivity index (χ0v) is 10.9. The summed E-state index contributed by atoms with van der Waals surface area (Å²) in [6.07, 6.45) is 1.78. The minimum Gasteiger partial charge on any atom is -0.396 e. The Hall–Kier alpha value is -1.81. The van der Waals surface area contributed by atoms with Gasteiger partial charge in [-0.1, -0.05) is 0 Å². The number of hydrogen-bond acceptors (Lipinski definition) is 4. The average molecular weight is 245 g/mol. The standard InChI is InChI=1S/C14H19N3O/c1-3-17(9-10-18-2)13-7-6-12-11(14(13)15)5-4-8-16-12/h4-8H,3,9-10,15H2,1-2H3. The molecular formula is C14H19N3O. The number of hydrogen-bond donors (Lipinski definition) is 1. The Morgan fingerprint density at radius 1 is 1.33 bits per heavy atom. The summed E-state index contributed by atoms with van der Waals surface area (Å²) in [4.78, 5) is 6.52. The first-order chi connectivity index (χ1) is 8.77. The van der Waals surface area contributed by atoms with E-state index < -0.39 is 0 Å². The lowest BCUT2D eigenvalue weighted by atomic mass is 10.1. The van der Waals surface area contributed by atoms with E-state index in [4.69, 9.17) is 10.5 Å². The van der Waals surface area contributed by atoms with Crippen LogP contribution >= 0.6 is 0 Å². The highest BCUT2D eigenvalue weighted by Crippen LogP contribution is 2.30. The third-order valence-corrected chi connectivity index (χ3v) is 3.09. The Labute approximate surface area is 107 Å². The third kappa shape index (κ3) is 2.38. The van der Waals surface area contributed by atoms with Crippen molar-refractivity contribution in [1.82, 2.24) is 4.98 Å². The predicted molar refractivity (Wildman–Crippen MR) is 75.9 cm³/mol. The number of benzene rings is 1. The molecule has 1 aromatic carbocycles. The summed E-state index contributed by atoms with van der Waals surface area (Å²) in [6.45, 7) is 4.54. The maximum atomic E-state index is 6.24. The molecule has 0 fully saturated rings. The van der Waals surface area contributed by atoms with E-state index in [1.807, 2.05) is 24.3 Å². The molecule has 0 amide bonds. The molecule has 0 aliphatic carbocycles. The van der Waals surface area contributed by atoms with Gasteiger partial charge >= 0.3 is 0 Å². The van der Waals surface area contributed by atoms with Gasteiger partial charge in [0.25, 0.3) is 0 Å². The van der Waals surface area contributed by atoms with Crippen LogP contribution in [-0.2, 0) is 4.74 Å². The molecule has 0 saturated carbocycles. The van der Waals surface area contributed by atoms with Gasteiger partial charge in [-0.3, -0.25) is 4.98 Å². The van der Waals surface area contributed by atoms with Crippen LogP contribution in [0.2, 0.25) is 0 Å². The average Bonchev–Trinajstić information content (AvgIpc) is 2.42. The number of ether oxygens (including phenoxy) is 1. The minimum absolute atomic E-state index is 0.693. The molecule has 1 aromatic heterocycles. The number of pyridine rings is 1. The summed E-state index contributed by atoms with van der Waals surface area (Å²) in [5.41, 5.74) is 9.02. The number of rotatable bonds is 5. The highest BCUT2D eigenvalue weighted by Gasteiger charge is 2.10. The first-order valence-electron chi connectivity index (χ1n) is 6.15. The zero-order chi connectivity index (χ0) is 13.0. The molecule has 0 atom stereocenters. The Bertz CT molecular complexity index is 527. The molecule has 96 valence electrons. The molecule has 1 heterocycles. The number of methoxy groups -OCH3 is 1. The van der Waals surface area contributed by atoms with Gasteiger partial charge in [0.1, 0.15) is 0 Å². The number of anilines is 2. The number of aromatic nitrogens is 1. The molecule has 4 heteroatoms. The van der Waals surface area contributed by atoms with Crippen molar-refractivity contribution < 1.29 is 4.74 Å². The van der Waals surface area contributed by atoms with E-state index in [2.05, 4.69) is 16.8 Å². The smallest absolute Gasteiger partial charge is 0.0724 e. The fourth-order valence-electron chi connectivity index (χ4n) is 2.09. The van der Waals surface area contributed by atoms with Gasteiger partial charge in [-0.25, -0.2) is 0 Å². The van der Waals surface area contributed by atoms with E-state index >= 15 is 0 Å². The van der Waals surface area contributed by atoms with Crippen molar-refractivity contribution in [2.24, 2.45) is 0 Å². The van der Waals surface area contributed by atoms with Crippen LogP contribution in [0.5, 0.6) is 0 Å². The predicted octanol–water partition coefficient (Wildman–Crippen LogP) is 2.29. The van der Waals surface area contributed by atoms with Crippen LogP contribution in [0.25, 0.3) is 10.9 Å². The second kappa shape index (κ2) is 5.69. The van der Waals surface area contributed by atoms with Crippen molar-refractivity contribution in [3.8, 4) is 0 Å². The SMILES string of the molecule is CCN(CCOC)c1ccc2ncccc2c1N. The van der Waals surface area contributed by atoms with Crippen LogP contribution in [-0.4, -0.2) is 31.8 Å². The molecule has 2 N–H and O–H groups in total. The van der Waals surface area contributed by atoms with Gasteiger partial charge in [0.15, 0.2) is 0 Å². The van der Waals surface area contributed by atoms with E-state index in [9.17, 15) is 0 Å². The van der Waals surface area contributed by atoms with Crippen LogP contribution in [0.15, 0.2) is 30.5 Å². The molecule has 0 radical (unpaired) electrons. The lowest BCUT2D eigenvalue weighted by molar-refractivity contribution is 0.205. The molecule has 18 heavy (non-hydrogen) atoms. The van der Waals surface area contributed by atoms with Gasteiger partial charge in [-0.2, -0.15) is 0 Å². The van der Waals surface area contributed by atoms with E-state index in [0.29, 0.717) is 6.61 Å². The van der Waals surface area contributed by atoms with Gasteiger partial charge < -0.3 is 15.4 Å². The summed E-state index contributed by atoms with van der Waals surface area (Å²) in [7, 11) is 1.71. The fourth-order valence-corrected chi connectivity index (χ4v) is 2.09. The molecular weight excluding hydrogens is 226 g/mol. The number of nitrogens with two attached hydrogens (primary N) is 1. The first kappa shape index (κ1) is 12.6. The quantitative estimate of drug-likeness (QED) is 0.821. The highest BCUT2D eigenvalue weighted by molar-refractivity contribution is 5.97. The van der Waals surface area contributed by atoms with Gasteiger partial charge in [0.2, 0.25) is 0 Å². The van der Waals surface area contributed by atoms with Crippen LogP contribution in [0.1, 0.15) is 6.92 Å². The summed E-state index contributed by atoms with van der Waals surface area (Å²) >= 11 is 0. The molecule has 4 nitrogen and oxygen atoms in total. The Morgan fingerprint density at radius 3 is 2.89 bits per heavy atom. The third-order valence-electron chi connectivity index (χ3n) is 3.09. The zero-order valence-electron chi connectivity index (χ0n) is 10.9. The molecule has 0 bridgehead atoms. The summed E-state index contributed by atoms with van der Waals surface area (Å²) in [5.74, 6) is 0. The lowest BCUT2D eigenvalue weighted by Gasteiger charge is -2.24. The van der Waals surface area contributed by atoms with Crippen molar-refractivity contribution in [3.63, 3.8) is 0 Å². The Balaban J connectivity index is 2.40.